The molecule has 0 unspecified atom stereocenters. The van der Waals surface area contributed by atoms with Crippen molar-refractivity contribution in [3.05, 3.63) is 55.0 Å². The van der Waals surface area contributed by atoms with Crippen LogP contribution in [0.4, 0.5) is 5.95 Å². The molecular weight excluding hydrogens is 348 g/mol. The predicted octanol–water partition coefficient (Wildman–Crippen LogP) is 3.89. The van der Waals surface area contributed by atoms with Gasteiger partial charge in [-0.2, -0.15) is 0 Å². The molecular formula is C22H24N6. The van der Waals surface area contributed by atoms with E-state index in [1.165, 1.54) is 12.8 Å². The molecule has 0 spiro atoms. The van der Waals surface area contributed by atoms with E-state index in [1.54, 1.807) is 0 Å². The topological polar surface area (TPSA) is 67.1 Å². The van der Waals surface area contributed by atoms with Gasteiger partial charge in [-0.05, 0) is 62.6 Å². The highest BCUT2D eigenvalue weighted by Crippen LogP contribution is 2.28. The molecule has 0 atom stereocenters. The van der Waals surface area contributed by atoms with Gasteiger partial charge in [0.1, 0.15) is 0 Å². The second kappa shape index (κ2) is 7.20. The number of benzene rings is 1. The van der Waals surface area contributed by atoms with Crippen LogP contribution in [0.25, 0.3) is 27.5 Å². The van der Waals surface area contributed by atoms with Crippen LogP contribution in [-0.4, -0.2) is 38.7 Å². The Balaban J connectivity index is 1.40. The minimum Gasteiger partial charge on any atom is -0.350 e. The molecule has 1 fully saturated rings. The smallest absolute Gasteiger partial charge is 0.241 e. The van der Waals surface area contributed by atoms with Crippen molar-refractivity contribution in [1.82, 2.24) is 24.9 Å². The summed E-state index contributed by atoms with van der Waals surface area (Å²) in [4.78, 5) is 8.99. The summed E-state index contributed by atoms with van der Waals surface area (Å²) in [6.45, 7) is 0. The fourth-order valence-corrected chi connectivity index (χ4v) is 4.16. The molecule has 0 bridgehead atoms. The van der Waals surface area contributed by atoms with E-state index in [9.17, 15) is 0 Å². The van der Waals surface area contributed by atoms with Crippen molar-refractivity contribution < 1.29 is 0 Å². The zero-order valence-corrected chi connectivity index (χ0v) is 16.0. The highest BCUT2D eigenvalue weighted by Gasteiger charge is 2.20. The van der Waals surface area contributed by atoms with Gasteiger partial charge in [0.15, 0.2) is 0 Å². The lowest BCUT2D eigenvalue weighted by atomic mass is 9.91. The number of fused-ring (bicyclic) bond motifs is 2. The normalized spacial score (nSPS) is 19.9. The van der Waals surface area contributed by atoms with Gasteiger partial charge in [0.05, 0.1) is 17.2 Å². The Morgan fingerprint density at radius 3 is 2.71 bits per heavy atom. The van der Waals surface area contributed by atoms with Crippen LogP contribution in [0.15, 0.2) is 55.0 Å². The van der Waals surface area contributed by atoms with Crippen molar-refractivity contribution in [2.45, 2.75) is 37.8 Å². The van der Waals surface area contributed by atoms with Gasteiger partial charge >= 0.3 is 0 Å². The number of rotatable bonds is 4. The van der Waals surface area contributed by atoms with E-state index in [0.717, 1.165) is 40.4 Å². The van der Waals surface area contributed by atoms with Crippen LogP contribution in [-0.2, 0) is 0 Å². The first-order valence-electron chi connectivity index (χ1n) is 9.93. The Labute approximate surface area is 164 Å². The van der Waals surface area contributed by atoms with Crippen molar-refractivity contribution in [1.29, 1.82) is 0 Å². The number of anilines is 1. The van der Waals surface area contributed by atoms with Gasteiger partial charge in [0, 0.05) is 35.4 Å². The molecule has 1 aliphatic rings. The summed E-state index contributed by atoms with van der Waals surface area (Å²) < 4.78 is 1.91. The predicted molar refractivity (Wildman–Crippen MR) is 112 cm³/mol. The summed E-state index contributed by atoms with van der Waals surface area (Å²) in [5.74, 6) is 0.699. The van der Waals surface area contributed by atoms with Crippen LogP contribution in [0.3, 0.4) is 0 Å². The molecule has 6 heteroatoms. The quantitative estimate of drug-likeness (QED) is 0.569. The maximum Gasteiger partial charge on any atom is 0.241 e. The van der Waals surface area contributed by atoms with Crippen molar-refractivity contribution in [2.24, 2.45) is 0 Å². The zero-order valence-electron chi connectivity index (χ0n) is 16.0. The Kier molecular flexibility index (Phi) is 4.41. The van der Waals surface area contributed by atoms with Crippen molar-refractivity contribution >= 4 is 22.4 Å². The Hall–Kier alpha value is -2.99. The maximum atomic E-state index is 4.68. The summed E-state index contributed by atoms with van der Waals surface area (Å²) >= 11 is 0. The Bertz CT molecular complexity index is 1110. The number of pyridine rings is 1. The molecule has 0 radical (unpaired) electrons. The van der Waals surface area contributed by atoms with Crippen LogP contribution >= 0.6 is 0 Å². The first-order chi connectivity index (χ1) is 13.8. The van der Waals surface area contributed by atoms with E-state index in [1.807, 2.05) is 36.2 Å². The Morgan fingerprint density at radius 1 is 1.00 bits per heavy atom. The number of aromatic nitrogens is 4. The third-order valence-corrected chi connectivity index (χ3v) is 5.80. The fraction of sp³-hybridized carbons (Fsp3) is 0.318. The molecule has 2 N–H and O–H groups in total. The van der Waals surface area contributed by atoms with Gasteiger partial charge in [0.25, 0.3) is 0 Å². The first-order valence-corrected chi connectivity index (χ1v) is 9.93. The van der Waals surface area contributed by atoms with E-state index >= 15 is 0 Å². The second-order valence-electron chi connectivity index (χ2n) is 7.53. The molecule has 1 aliphatic carbocycles. The van der Waals surface area contributed by atoms with Crippen LogP contribution in [0, 0.1) is 0 Å². The summed E-state index contributed by atoms with van der Waals surface area (Å²) in [6, 6.07) is 13.6. The molecule has 0 aliphatic heterocycles. The monoisotopic (exact) mass is 372 g/mol. The lowest BCUT2D eigenvalue weighted by molar-refractivity contribution is 0.370. The Morgan fingerprint density at radius 2 is 1.86 bits per heavy atom. The van der Waals surface area contributed by atoms with Crippen LogP contribution < -0.4 is 10.6 Å². The van der Waals surface area contributed by atoms with Crippen LogP contribution in [0.2, 0.25) is 0 Å². The minimum absolute atomic E-state index is 0.449. The van der Waals surface area contributed by atoms with E-state index in [2.05, 4.69) is 56.0 Å². The average molecular weight is 372 g/mol. The number of hydrogen-bond donors (Lipinski definition) is 2. The van der Waals surface area contributed by atoms with E-state index in [-0.39, 0.29) is 0 Å². The molecule has 142 valence electrons. The molecule has 5 rings (SSSR count). The molecule has 28 heavy (non-hydrogen) atoms. The van der Waals surface area contributed by atoms with Crippen molar-refractivity contribution in [3.8, 4) is 11.1 Å². The molecule has 1 aromatic carbocycles. The molecule has 0 amide bonds. The number of hydrogen-bond acceptors (Lipinski definition) is 5. The molecule has 0 saturated heterocycles. The maximum absolute atomic E-state index is 4.68. The summed E-state index contributed by atoms with van der Waals surface area (Å²) in [6.07, 6.45) is 10.4. The number of nitrogens with one attached hydrogen (secondary N) is 2. The lowest BCUT2D eigenvalue weighted by Gasteiger charge is -2.28. The van der Waals surface area contributed by atoms with E-state index < -0.39 is 0 Å². The second-order valence-corrected chi connectivity index (χ2v) is 7.53. The largest absolute Gasteiger partial charge is 0.350 e. The minimum atomic E-state index is 0.449. The molecule has 4 aromatic rings. The molecule has 6 nitrogen and oxygen atoms in total. The van der Waals surface area contributed by atoms with Gasteiger partial charge in [-0.15, -0.1) is 5.10 Å². The lowest BCUT2D eigenvalue weighted by Crippen LogP contribution is -2.35. The average Bonchev–Trinajstić information content (AvgIpc) is 3.17. The van der Waals surface area contributed by atoms with Crippen molar-refractivity contribution in [2.75, 3.05) is 12.4 Å². The van der Waals surface area contributed by atoms with Gasteiger partial charge in [-0.3, -0.25) is 4.98 Å². The fourth-order valence-electron chi connectivity index (χ4n) is 4.16. The molecule has 1 saturated carbocycles. The number of nitrogens with zero attached hydrogens (tertiary/aromatic N) is 4. The summed E-state index contributed by atoms with van der Waals surface area (Å²) in [5.41, 5.74) is 4.29. The zero-order chi connectivity index (χ0) is 18.9. The highest BCUT2D eigenvalue weighted by molar-refractivity contribution is 5.88. The van der Waals surface area contributed by atoms with Gasteiger partial charge in [-0.1, -0.05) is 12.1 Å². The standard InChI is InChI=1S/C22H24N6/c1-23-17-5-7-18(8-6-17)26-22-25-14-21-19(10-12-28(21)27-22)15-4-9-20-16(13-15)3-2-11-24-20/h2-4,9-14,17-18,23H,5-8H2,1H3,(H,26,27). The molecule has 3 heterocycles. The van der Waals surface area contributed by atoms with Crippen molar-refractivity contribution in [3.63, 3.8) is 0 Å². The SMILES string of the molecule is CNC1CCC(Nc2ncc3c(-c4ccc5ncccc5c4)ccn3n2)CC1. The van der Waals surface area contributed by atoms with Gasteiger partial charge < -0.3 is 10.6 Å². The molecule has 3 aromatic heterocycles. The van der Waals surface area contributed by atoms with E-state index in [0.29, 0.717) is 18.0 Å². The van der Waals surface area contributed by atoms with Crippen LogP contribution in [0.5, 0.6) is 0 Å². The van der Waals surface area contributed by atoms with Crippen LogP contribution in [0.1, 0.15) is 25.7 Å². The highest BCUT2D eigenvalue weighted by atomic mass is 15.3. The third kappa shape index (κ3) is 3.20. The third-order valence-electron chi connectivity index (χ3n) is 5.80. The van der Waals surface area contributed by atoms with E-state index in [4.69, 9.17) is 0 Å². The van der Waals surface area contributed by atoms with Gasteiger partial charge in [-0.25, -0.2) is 9.50 Å². The summed E-state index contributed by atoms with van der Waals surface area (Å²) in [5, 5.41) is 12.7. The first kappa shape index (κ1) is 17.1. The van der Waals surface area contributed by atoms with Gasteiger partial charge in [0.2, 0.25) is 5.95 Å². The summed E-state index contributed by atoms with van der Waals surface area (Å²) in [7, 11) is 2.05.